The Kier molecular flexibility index (Phi) is 3.37. The molecule has 2 heteroatoms. The van der Waals surface area contributed by atoms with Crippen molar-refractivity contribution in [3.8, 4) is 0 Å². The van der Waals surface area contributed by atoms with Crippen LogP contribution in [0.5, 0.6) is 0 Å². The van der Waals surface area contributed by atoms with Crippen molar-refractivity contribution in [2.45, 2.75) is 58.5 Å². The molecular weight excluding hydrogens is 272 g/mol. The minimum Gasteiger partial charge on any atom is -0.388 e. The molecule has 2 nitrogen and oxygen atoms in total. The van der Waals surface area contributed by atoms with Gasteiger partial charge in [-0.2, -0.15) is 0 Å². The van der Waals surface area contributed by atoms with E-state index in [1.807, 2.05) is 6.08 Å². The molecule has 0 bridgehead atoms. The molecule has 3 rings (SSSR count). The average molecular weight is 298 g/mol. The lowest BCUT2D eigenvalue weighted by Crippen LogP contribution is -2.53. The smallest absolute Gasteiger partial charge is 0.138 e. The van der Waals surface area contributed by atoms with Gasteiger partial charge in [0.15, 0.2) is 0 Å². The molecule has 0 heterocycles. The van der Waals surface area contributed by atoms with Crippen LogP contribution < -0.4 is 0 Å². The fourth-order valence-electron chi connectivity index (χ4n) is 4.95. The van der Waals surface area contributed by atoms with Gasteiger partial charge in [-0.05, 0) is 53.4 Å². The number of aliphatic hydroxyl groups is 1. The first-order valence-electron chi connectivity index (χ1n) is 8.21. The summed E-state index contributed by atoms with van der Waals surface area (Å²) in [5, 5.41) is 10.8. The van der Waals surface area contributed by atoms with Crippen LogP contribution in [0.4, 0.5) is 0 Å². The third-order valence-corrected chi connectivity index (χ3v) is 6.35. The number of aryl methyl sites for hydroxylation is 1. The summed E-state index contributed by atoms with van der Waals surface area (Å²) in [5.41, 5.74) is 4.07. The highest BCUT2D eigenvalue weighted by Gasteiger charge is 2.55. The quantitative estimate of drug-likeness (QED) is 0.837. The largest absolute Gasteiger partial charge is 0.388 e. The van der Waals surface area contributed by atoms with Gasteiger partial charge in [0.05, 0.1) is 6.10 Å². The third kappa shape index (κ3) is 1.86. The number of Topliss-reactive ketones (excluding diaryl/α,β-unsaturated/α-hetero) is 1. The van der Waals surface area contributed by atoms with Crippen molar-refractivity contribution in [2.75, 3.05) is 0 Å². The van der Waals surface area contributed by atoms with Crippen LogP contribution in [-0.4, -0.2) is 10.9 Å². The molecule has 2 aliphatic carbocycles. The Morgan fingerprint density at radius 3 is 2.64 bits per heavy atom. The van der Waals surface area contributed by atoms with Crippen molar-refractivity contribution in [3.05, 3.63) is 41.0 Å². The number of hydrogen-bond acceptors (Lipinski definition) is 2. The Morgan fingerprint density at radius 1 is 1.32 bits per heavy atom. The number of carbonyl (C=O) groups is 1. The first-order chi connectivity index (χ1) is 10.2. The Bertz CT molecular complexity index is 656. The molecule has 0 amide bonds. The van der Waals surface area contributed by atoms with Crippen LogP contribution in [0.2, 0.25) is 0 Å². The van der Waals surface area contributed by atoms with Gasteiger partial charge in [0.1, 0.15) is 5.78 Å². The number of aliphatic hydroxyl groups excluding tert-OH is 1. The summed E-state index contributed by atoms with van der Waals surface area (Å²) in [4.78, 5) is 12.4. The van der Waals surface area contributed by atoms with E-state index >= 15 is 0 Å². The SMILES string of the molecule is C=Cc1c(C)ccc2c1[C@H](O)C[C@@H]1C(C)(C)C(=O)CC[C@@]21C. The second kappa shape index (κ2) is 4.79. The number of carbonyl (C=O) groups excluding carboxylic acids is 1. The molecule has 2 aliphatic rings. The fraction of sp³-hybridized carbons (Fsp3) is 0.550. The van der Waals surface area contributed by atoms with E-state index in [1.165, 1.54) is 5.56 Å². The molecule has 1 N–H and O–H groups in total. The van der Waals surface area contributed by atoms with Crippen LogP contribution in [0, 0.1) is 18.3 Å². The molecule has 118 valence electrons. The maximum Gasteiger partial charge on any atom is 0.138 e. The van der Waals surface area contributed by atoms with Crippen molar-refractivity contribution < 1.29 is 9.90 Å². The highest BCUT2D eigenvalue weighted by Crippen LogP contribution is 2.58. The Morgan fingerprint density at radius 2 is 2.00 bits per heavy atom. The van der Waals surface area contributed by atoms with Crippen LogP contribution in [0.15, 0.2) is 18.7 Å². The normalized spacial score (nSPS) is 33.0. The summed E-state index contributed by atoms with van der Waals surface area (Å²) in [5.74, 6) is 0.519. The van der Waals surface area contributed by atoms with Gasteiger partial charge in [-0.3, -0.25) is 4.79 Å². The van der Waals surface area contributed by atoms with Gasteiger partial charge >= 0.3 is 0 Å². The molecule has 1 aromatic carbocycles. The minimum absolute atomic E-state index is 0.0442. The van der Waals surface area contributed by atoms with E-state index in [1.54, 1.807) is 0 Å². The molecule has 0 spiro atoms. The van der Waals surface area contributed by atoms with E-state index < -0.39 is 6.10 Å². The molecular formula is C20H26O2. The van der Waals surface area contributed by atoms with Gasteiger partial charge < -0.3 is 5.11 Å². The van der Waals surface area contributed by atoms with Crippen molar-refractivity contribution >= 4 is 11.9 Å². The Labute approximate surface area is 133 Å². The van der Waals surface area contributed by atoms with Gasteiger partial charge in [-0.15, -0.1) is 0 Å². The summed E-state index contributed by atoms with van der Waals surface area (Å²) in [6.07, 6.45) is 3.52. The highest BCUT2D eigenvalue weighted by atomic mass is 16.3. The van der Waals surface area contributed by atoms with E-state index in [-0.39, 0.29) is 16.7 Å². The van der Waals surface area contributed by atoms with Crippen molar-refractivity contribution in [1.29, 1.82) is 0 Å². The van der Waals surface area contributed by atoms with Gasteiger partial charge in [0.25, 0.3) is 0 Å². The number of ketones is 1. The molecule has 1 fully saturated rings. The summed E-state index contributed by atoms with van der Waals surface area (Å²) in [6, 6.07) is 4.29. The first-order valence-corrected chi connectivity index (χ1v) is 8.21. The number of fused-ring (bicyclic) bond motifs is 3. The van der Waals surface area contributed by atoms with Gasteiger partial charge in [0.2, 0.25) is 0 Å². The van der Waals surface area contributed by atoms with E-state index in [4.69, 9.17) is 0 Å². The van der Waals surface area contributed by atoms with E-state index in [2.05, 4.69) is 46.4 Å². The number of benzene rings is 1. The molecule has 0 unspecified atom stereocenters. The highest BCUT2D eigenvalue weighted by molar-refractivity contribution is 5.86. The summed E-state index contributed by atoms with van der Waals surface area (Å²) in [7, 11) is 0. The lowest BCUT2D eigenvalue weighted by molar-refractivity contribution is -0.138. The topological polar surface area (TPSA) is 37.3 Å². The molecule has 1 aromatic rings. The van der Waals surface area contributed by atoms with Crippen molar-refractivity contribution in [1.82, 2.24) is 0 Å². The van der Waals surface area contributed by atoms with Crippen LogP contribution in [-0.2, 0) is 10.2 Å². The van der Waals surface area contributed by atoms with Gasteiger partial charge in [-0.25, -0.2) is 0 Å². The van der Waals surface area contributed by atoms with Gasteiger partial charge in [0, 0.05) is 11.8 Å². The molecule has 3 atom stereocenters. The number of hydrogen-bond donors (Lipinski definition) is 1. The Balaban J connectivity index is 2.25. The van der Waals surface area contributed by atoms with E-state index in [0.717, 1.165) is 23.1 Å². The molecule has 0 saturated heterocycles. The Hall–Kier alpha value is -1.41. The predicted molar refractivity (Wildman–Crippen MR) is 89.7 cm³/mol. The van der Waals surface area contributed by atoms with Crippen LogP contribution >= 0.6 is 0 Å². The molecule has 0 aliphatic heterocycles. The fourth-order valence-corrected chi connectivity index (χ4v) is 4.95. The second-order valence-corrected chi connectivity index (χ2v) is 7.83. The average Bonchev–Trinajstić information content (AvgIpc) is 2.46. The molecule has 0 radical (unpaired) electrons. The summed E-state index contributed by atoms with van der Waals surface area (Å²) < 4.78 is 0. The monoisotopic (exact) mass is 298 g/mol. The van der Waals surface area contributed by atoms with Crippen LogP contribution in [0.25, 0.3) is 6.08 Å². The third-order valence-electron chi connectivity index (χ3n) is 6.35. The second-order valence-electron chi connectivity index (χ2n) is 7.83. The zero-order valence-corrected chi connectivity index (χ0v) is 14.1. The zero-order chi connectivity index (χ0) is 16.3. The minimum atomic E-state index is -0.508. The van der Waals surface area contributed by atoms with Crippen molar-refractivity contribution in [2.24, 2.45) is 11.3 Å². The van der Waals surface area contributed by atoms with Crippen molar-refractivity contribution in [3.63, 3.8) is 0 Å². The zero-order valence-electron chi connectivity index (χ0n) is 14.1. The molecule has 0 aromatic heterocycles. The van der Waals surface area contributed by atoms with Crippen LogP contribution in [0.1, 0.15) is 68.4 Å². The van der Waals surface area contributed by atoms with E-state index in [0.29, 0.717) is 18.6 Å². The maximum absolute atomic E-state index is 12.4. The molecule has 1 saturated carbocycles. The predicted octanol–water partition coefficient (Wildman–Crippen LogP) is 4.34. The first kappa shape index (κ1) is 15.5. The lowest BCUT2D eigenvalue weighted by Gasteiger charge is -2.54. The maximum atomic E-state index is 12.4. The van der Waals surface area contributed by atoms with Crippen LogP contribution in [0.3, 0.4) is 0 Å². The number of rotatable bonds is 1. The van der Waals surface area contributed by atoms with Gasteiger partial charge in [-0.1, -0.05) is 45.6 Å². The lowest BCUT2D eigenvalue weighted by atomic mass is 9.49. The molecule has 22 heavy (non-hydrogen) atoms. The standard InChI is InChI=1S/C20H26O2/c1-6-13-12(2)7-8-14-18(13)15(21)11-16-19(3,4)17(22)9-10-20(14,16)5/h6-8,15-16,21H,1,9-11H2,2-5H3/t15-,16-,20+/m1/s1. The van der Waals surface area contributed by atoms with E-state index in [9.17, 15) is 9.90 Å². The summed E-state index contributed by atoms with van der Waals surface area (Å²) in [6.45, 7) is 12.4. The summed E-state index contributed by atoms with van der Waals surface area (Å²) >= 11 is 0.